The van der Waals surface area contributed by atoms with Gasteiger partial charge in [0.05, 0.1) is 15.7 Å². The second kappa shape index (κ2) is 4.53. The zero-order valence-corrected chi connectivity index (χ0v) is 8.57. The summed E-state index contributed by atoms with van der Waals surface area (Å²) in [7, 11) is 11.3. The van der Waals surface area contributed by atoms with Crippen LogP contribution in [0.1, 0.15) is 20.8 Å². The number of carboxylic acids is 1. The smallest absolute Gasteiger partial charge is 0.325 e. The van der Waals surface area contributed by atoms with Crippen molar-refractivity contribution in [2.45, 2.75) is 32.0 Å². The highest BCUT2D eigenvalue weighted by Crippen LogP contribution is 2.31. The lowest BCUT2D eigenvalue weighted by molar-refractivity contribution is -0.142. The van der Waals surface area contributed by atoms with Crippen LogP contribution in [-0.4, -0.2) is 38.7 Å². The van der Waals surface area contributed by atoms with Gasteiger partial charge in [-0.15, -0.1) is 0 Å². The van der Waals surface area contributed by atoms with E-state index in [4.69, 9.17) is 20.8 Å². The Kier molecular flexibility index (Phi) is 4.23. The molecule has 74 valence electrons. The largest absolute Gasteiger partial charge is 0.480 e. The molecule has 1 unspecified atom stereocenters. The molecule has 14 heavy (non-hydrogen) atoms. The Morgan fingerprint density at radius 3 is 2.00 bits per heavy atom. The van der Waals surface area contributed by atoms with Crippen molar-refractivity contribution in [1.82, 2.24) is 5.32 Å². The average molecular weight is 193 g/mol. The zero-order chi connectivity index (χ0) is 11.5. The standard InChI is InChI=1S/C8H13B2NO3/c1-4(2)8(9,10)6(7(13)14)11-5(3)12/h4,6H,1-3H3,(H,11,12)(H,13,14). The summed E-state index contributed by atoms with van der Waals surface area (Å²) in [5, 5.41) is 9.58. The van der Waals surface area contributed by atoms with Crippen LogP contribution in [0.5, 0.6) is 0 Å². The Bertz CT molecular complexity index is 241. The van der Waals surface area contributed by atoms with Crippen molar-refractivity contribution in [1.29, 1.82) is 0 Å². The topological polar surface area (TPSA) is 66.4 Å². The van der Waals surface area contributed by atoms with E-state index in [0.717, 1.165) is 0 Å². The lowest BCUT2D eigenvalue weighted by atomic mass is 9.45. The van der Waals surface area contributed by atoms with Crippen LogP contribution in [-0.2, 0) is 9.59 Å². The zero-order valence-electron chi connectivity index (χ0n) is 8.57. The number of rotatable bonds is 4. The van der Waals surface area contributed by atoms with E-state index in [1.165, 1.54) is 6.92 Å². The molecule has 0 aliphatic carbocycles. The Labute approximate surface area is 86.3 Å². The minimum atomic E-state index is -1.46. The van der Waals surface area contributed by atoms with Crippen molar-refractivity contribution in [2.75, 3.05) is 0 Å². The molecule has 0 fully saturated rings. The number of hydrogen-bond donors (Lipinski definition) is 2. The Hall–Kier alpha value is -0.930. The van der Waals surface area contributed by atoms with E-state index < -0.39 is 23.1 Å². The molecule has 0 saturated heterocycles. The fraction of sp³-hybridized carbons (Fsp3) is 0.750. The van der Waals surface area contributed by atoms with Gasteiger partial charge in [0.25, 0.3) is 0 Å². The number of aliphatic carboxylic acids is 1. The van der Waals surface area contributed by atoms with Crippen LogP contribution in [0.3, 0.4) is 0 Å². The predicted octanol–water partition coefficient (Wildman–Crippen LogP) is -0.315. The van der Waals surface area contributed by atoms with Crippen LogP contribution in [0, 0.1) is 5.92 Å². The summed E-state index contributed by atoms with van der Waals surface area (Å²) in [6.07, 6.45) is 0. The maximum Gasteiger partial charge on any atom is 0.325 e. The van der Waals surface area contributed by atoms with E-state index in [1.54, 1.807) is 13.8 Å². The second-order valence-corrected chi connectivity index (χ2v) is 3.63. The molecule has 0 aliphatic heterocycles. The summed E-state index contributed by atoms with van der Waals surface area (Å²) < 4.78 is 0. The van der Waals surface area contributed by atoms with E-state index in [1.807, 2.05) is 0 Å². The lowest BCUT2D eigenvalue weighted by Crippen LogP contribution is -2.51. The van der Waals surface area contributed by atoms with Gasteiger partial charge in [0, 0.05) is 6.92 Å². The van der Waals surface area contributed by atoms with Gasteiger partial charge in [-0.3, -0.25) is 9.59 Å². The molecule has 0 aliphatic rings. The van der Waals surface area contributed by atoms with Gasteiger partial charge in [-0.1, -0.05) is 25.0 Å². The molecular weight excluding hydrogens is 180 g/mol. The molecule has 0 aromatic carbocycles. The molecule has 0 bridgehead atoms. The van der Waals surface area contributed by atoms with Gasteiger partial charge in [0.2, 0.25) is 5.91 Å². The van der Waals surface area contributed by atoms with Gasteiger partial charge < -0.3 is 10.4 Å². The number of carbonyl (C=O) groups is 2. The Morgan fingerprint density at radius 1 is 1.36 bits per heavy atom. The summed E-state index contributed by atoms with van der Waals surface area (Å²) in [5.74, 6) is -1.98. The molecule has 4 nitrogen and oxygen atoms in total. The summed E-state index contributed by atoms with van der Waals surface area (Å²) in [6, 6.07) is -1.28. The molecule has 0 spiro atoms. The van der Waals surface area contributed by atoms with Crippen LogP contribution < -0.4 is 5.32 Å². The van der Waals surface area contributed by atoms with Crippen molar-refractivity contribution in [3.05, 3.63) is 0 Å². The van der Waals surface area contributed by atoms with Crippen LogP contribution in [0.4, 0.5) is 0 Å². The minimum absolute atomic E-state index is 0.268. The third kappa shape index (κ3) is 3.09. The van der Waals surface area contributed by atoms with E-state index in [-0.39, 0.29) is 5.92 Å². The number of carbonyl (C=O) groups excluding carboxylic acids is 1. The molecule has 0 aromatic heterocycles. The summed E-state index contributed by atoms with van der Waals surface area (Å²) in [5.41, 5.74) is 0. The van der Waals surface area contributed by atoms with Crippen molar-refractivity contribution >= 4 is 27.6 Å². The van der Waals surface area contributed by atoms with E-state index in [2.05, 4.69) is 5.32 Å². The first-order chi connectivity index (χ1) is 6.19. The van der Waals surface area contributed by atoms with Gasteiger partial charge in [0.1, 0.15) is 6.04 Å². The van der Waals surface area contributed by atoms with Crippen LogP contribution in [0.25, 0.3) is 0 Å². The monoisotopic (exact) mass is 193 g/mol. The van der Waals surface area contributed by atoms with Gasteiger partial charge in [-0.25, -0.2) is 0 Å². The molecule has 4 radical (unpaired) electrons. The van der Waals surface area contributed by atoms with Crippen molar-refractivity contribution in [2.24, 2.45) is 5.92 Å². The van der Waals surface area contributed by atoms with Crippen LogP contribution in [0.15, 0.2) is 0 Å². The van der Waals surface area contributed by atoms with Crippen LogP contribution in [0.2, 0.25) is 5.21 Å². The molecule has 0 aromatic rings. The summed E-state index contributed by atoms with van der Waals surface area (Å²) >= 11 is 0. The van der Waals surface area contributed by atoms with E-state index >= 15 is 0 Å². The highest BCUT2D eigenvalue weighted by molar-refractivity contribution is 6.42. The fourth-order valence-corrected chi connectivity index (χ4v) is 0.937. The SMILES string of the molecule is [B]C([B])(C(C)C)C(NC(C)=O)C(=O)O. The number of carboxylic acid groups (broad SMARTS) is 1. The van der Waals surface area contributed by atoms with Gasteiger partial charge in [0.15, 0.2) is 0 Å². The molecular formula is C8H13B2NO3. The van der Waals surface area contributed by atoms with Gasteiger partial charge in [-0.2, -0.15) is 0 Å². The first-order valence-corrected chi connectivity index (χ1v) is 4.27. The van der Waals surface area contributed by atoms with Crippen molar-refractivity contribution in [3.8, 4) is 0 Å². The summed E-state index contributed by atoms with van der Waals surface area (Å²) in [6.45, 7) is 4.60. The fourth-order valence-electron chi connectivity index (χ4n) is 0.937. The molecule has 0 rings (SSSR count). The third-order valence-corrected chi connectivity index (χ3v) is 2.09. The highest BCUT2D eigenvalue weighted by Gasteiger charge is 2.37. The van der Waals surface area contributed by atoms with Crippen molar-refractivity contribution < 1.29 is 14.7 Å². The normalized spacial score (nSPS) is 13.7. The van der Waals surface area contributed by atoms with E-state index in [0.29, 0.717) is 0 Å². The van der Waals surface area contributed by atoms with Gasteiger partial charge >= 0.3 is 5.97 Å². The minimum Gasteiger partial charge on any atom is -0.480 e. The second-order valence-electron chi connectivity index (χ2n) is 3.63. The maximum atomic E-state index is 10.8. The number of amides is 1. The maximum absolute atomic E-state index is 10.8. The highest BCUT2D eigenvalue weighted by atomic mass is 16.4. The van der Waals surface area contributed by atoms with E-state index in [9.17, 15) is 9.59 Å². The van der Waals surface area contributed by atoms with Crippen molar-refractivity contribution in [3.63, 3.8) is 0 Å². The third-order valence-electron chi connectivity index (χ3n) is 2.09. The lowest BCUT2D eigenvalue weighted by Gasteiger charge is -2.36. The first kappa shape index (κ1) is 13.1. The Balaban J connectivity index is 4.81. The molecule has 0 saturated carbocycles. The number of hydrogen-bond acceptors (Lipinski definition) is 2. The van der Waals surface area contributed by atoms with Crippen LogP contribution >= 0.6 is 0 Å². The predicted molar refractivity (Wildman–Crippen MR) is 54.3 cm³/mol. The quantitative estimate of drug-likeness (QED) is 0.601. The first-order valence-electron chi connectivity index (χ1n) is 4.27. The molecule has 1 amide bonds. The Morgan fingerprint density at radius 2 is 1.79 bits per heavy atom. The molecule has 6 heteroatoms. The average Bonchev–Trinajstić information content (AvgIpc) is 1.98. The van der Waals surface area contributed by atoms with Gasteiger partial charge in [-0.05, 0) is 0 Å². The molecule has 1 atom stereocenters. The number of nitrogens with one attached hydrogen (secondary N) is 1. The molecule has 2 N–H and O–H groups in total. The molecule has 0 heterocycles. The summed E-state index contributed by atoms with van der Waals surface area (Å²) in [4.78, 5) is 21.6.